The van der Waals surface area contributed by atoms with Gasteiger partial charge in [0.25, 0.3) is 0 Å². The molecule has 1 nitrogen and oxygen atoms in total. The molecule has 0 atom stereocenters. The third kappa shape index (κ3) is 5.51. The molecule has 0 aliphatic rings. The first-order chi connectivity index (χ1) is 6.97. The van der Waals surface area contributed by atoms with Crippen LogP contribution in [0.1, 0.15) is 0 Å². The van der Waals surface area contributed by atoms with Gasteiger partial charge >= 0.3 is 5.51 Å². The van der Waals surface area contributed by atoms with Gasteiger partial charge in [-0.25, -0.2) is 4.39 Å². The van der Waals surface area contributed by atoms with Gasteiger partial charge in [-0.2, -0.15) is 13.2 Å². The number of hydrogen-bond donors (Lipinski definition) is 1. The molecule has 1 N–H and O–H groups in total. The van der Waals surface area contributed by atoms with Crippen molar-refractivity contribution >= 4 is 17.4 Å². The van der Waals surface area contributed by atoms with E-state index in [9.17, 15) is 17.6 Å². The summed E-state index contributed by atoms with van der Waals surface area (Å²) in [6, 6.07) is 5.60. The molecule has 0 amide bonds. The van der Waals surface area contributed by atoms with Gasteiger partial charge in [0, 0.05) is 18.0 Å². The maximum atomic E-state index is 12.6. The fourth-order valence-electron chi connectivity index (χ4n) is 0.961. The highest BCUT2D eigenvalue weighted by Gasteiger charge is 2.27. The summed E-state index contributed by atoms with van der Waals surface area (Å²) in [5.41, 5.74) is -3.72. The maximum absolute atomic E-state index is 12.6. The van der Waals surface area contributed by atoms with Crippen LogP contribution >= 0.6 is 11.8 Å². The largest absolute Gasteiger partial charge is 0.441 e. The van der Waals surface area contributed by atoms with Gasteiger partial charge in [-0.05, 0) is 30.0 Å². The molecule has 0 fully saturated rings. The predicted molar refractivity (Wildman–Crippen MR) is 53.4 cm³/mol. The average Bonchev–Trinajstić information content (AvgIpc) is 2.11. The molecule has 0 aromatic heterocycles. The maximum Gasteiger partial charge on any atom is 0.441 e. The van der Waals surface area contributed by atoms with Crippen LogP contribution in [0, 0.1) is 5.82 Å². The molecule has 1 aromatic rings. The quantitative estimate of drug-likeness (QED) is 0.637. The summed E-state index contributed by atoms with van der Waals surface area (Å²) in [7, 11) is 0. The zero-order valence-corrected chi connectivity index (χ0v) is 8.46. The first-order valence-electron chi connectivity index (χ1n) is 4.17. The van der Waals surface area contributed by atoms with Crippen molar-refractivity contribution in [2.45, 2.75) is 5.51 Å². The summed E-state index contributed by atoms with van der Waals surface area (Å²) >= 11 is -0.0992. The molecule has 0 unspecified atom stereocenters. The van der Waals surface area contributed by atoms with E-state index in [1.165, 1.54) is 18.2 Å². The Hall–Kier alpha value is -0.910. The molecular formula is C9H9F4NS. The Morgan fingerprint density at radius 2 is 2.00 bits per heavy atom. The van der Waals surface area contributed by atoms with Crippen LogP contribution < -0.4 is 5.32 Å². The lowest BCUT2D eigenvalue weighted by Crippen LogP contribution is -2.09. The van der Waals surface area contributed by atoms with Crippen LogP contribution in [0.5, 0.6) is 0 Å². The van der Waals surface area contributed by atoms with E-state index in [1.807, 2.05) is 0 Å². The van der Waals surface area contributed by atoms with Gasteiger partial charge in [0.15, 0.2) is 0 Å². The van der Waals surface area contributed by atoms with E-state index in [4.69, 9.17) is 0 Å². The molecule has 0 aliphatic heterocycles. The first kappa shape index (κ1) is 12.2. The van der Waals surface area contributed by atoms with Gasteiger partial charge < -0.3 is 5.32 Å². The Bertz CT molecular complexity index is 313. The zero-order valence-electron chi connectivity index (χ0n) is 7.64. The van der Waals surface area contributed by atoms with Gasteiger partial charge in [-0.15, -0.1) is 0 Å². The van der Waals surface area contributed by atoms with Gasteiger partial charge in [0.2, 0.25) is 0 Å². The van der Waals surface area contributed by atoms with Crippen molar-refractivity contribution in [1.82, 2.24) is 0 Å². The molecule has 0 heterocycles. The van der Waals surface area contributed by atoms with E-state index in [0.717, 1.165) is 0 Å². The SMILES string of the molecule is Fc1cccc(NCCSC(F)(F)F)c1. The third-order valence-electron chi connectivity index (χ3n) is 1.52. The van der Waals surface area contributed by atoms with E-state index in [-0.39, 0.29) is 24.1 Å². The minimum atomic E-state index is -4.20. The second kappa shape index (κ2) is 5.25. The number of halogens is 4. The van der Waals surface area contributed by atoms with Gasteiger partial charge in [0.1, 0.15) is 5.82 Å². The van der Waals surface area contributed by atoms with E-state index in [2.05, 4.69) is 5.32 Å². The van der Waals surface area contributed by atoms with Crippen molar-refractivity contribution < 1.29 is 17.6 Å². The van der Waals surface area contributed by atoms with Crippen molar-refractivity contribution in [2.24, 2.45) is 0 Å². The molecular weight excluding hydrogens is 230 g/mol. The molecule has 1 aromatic carbocycles. The van der Waals surface area contributed by atoms with E-state index in [1.54, 1.807) is 6.07 Å². The van der Waals surface area contributed by atoms with Crippen molar-refractivity contribution in [1.29, 1.82) is 0 Å². The molecule has 15 heavy (non-hydrogen) atoms. The molecule has 0 saturated heterocycles. The lowest BCUT2D eigenvalue weighted by atomic mass is 10.3. The highest BCUT2D eigenvalue weighted by molar-refractivity contribution is 8.00. The summed E-state index contributed by atoms with van der Waals surface area (Å²) in [4.78, 5) is 0. The van der Waals surface area contributed by atoms with Crippen LogP contribution in [0.15, 0.2) is 24.3 Å². The Morgan fingerprint density at radius 3 is 2.60 bits per heavy atom. The number of alkyl halides is 3. The summed E-state index contributed by atoms with van der Waals surface area (Å²) in [5.74, 6) is -0.511. The minimum Gasteiger partial charge on any atom is -0.384 e. The Morgan fingerprint density at radius 1 is 1.27 bits per heavy atom. The number of hydrogen-bond acceptors (Lipinski definition) is 2. The standard InChI is InChI=1S/C9H9F4NS/c10-7-2-1-3-8(6-7)14-4-5-15-9(11,12)13/h1-3,6,14H,4-5H2. The fourth-order valence-corrected chi connectivity index (χ4v) is 1.40. The second-order valence-electron chi connectivity index (χ2n) is 2.73. The molecule has 6 heteroatoms. The van der Waals surface area contributed by atoms with Crippen LogP contribution in [0.4, 0.5) is 23.2 Å². The number of rotatable bonds is 4. The normalized spacial score (nSPS) is 11.5. The molecule has 84 valence electrons. The number of thioether (sulfide) groups is 1. The molecule has 0 saturated carbocycles. The molecule has 0 radical (unpaired) electrons. The number of benzene rings is 1. The van der Waals surface area contributed by atoms with Gasteiger partial charge in [-0.1, -0.05) is 6.07 Å². The van der Waals surface area contributed by atoms with E-state index < -0.39 is 11.3 Å². The third-order valence-corrected chi connectivity index (χ3v) is 2.26. The lowest BCUT2D eigenvalue weighted by molar-refractivity contribution is -0.0327. The van der Waals surface area contributed by atoms with Crippen molar-refractivity contribution in [3.63, 3.8) is 0 Å². The van der Waals surface area contributed by atoms with Crippen LogP contribution in [0.2, 0.25) is 0 Å². The van der Waals surface area contributed by atoms with Crippen molar-refractivity contribution in [3.8, 4) is 0 Å². The topological polar surface area (TPSA) is 12.0 Å². The summed E-state index contributed by atoms with van der Waals surface area (Å²) in [6.45, 7) is 0.146. The fraction of sp³-hybridized carbons (Fsp3) is 0.333. The van der Waals surface area contributed by atoms with Crippen LogP contribution in [-0.2, 0) is 0 Å². The molecule has 1 rings (SSSR count). The van der Waals surface area contributed by atoms with Gasteiger partial charge in [0.05, 0.1) is 0 Å². The van der Waals surface area contributed by atoms with Crippen LogP contribution in [0.25, 0.3) is 0 Å². The Balaban J connectivity index is 2.26. The monoisotopic (exact) mass is 239 g/mol. The zero-order chi connectivity index (χ0) is 11.3. The van der Waals surface area contributed by atoms with Crippen molar-refractivity contribution in [3.05, 3.63) is 30.1 Å². The second-order valence-corrected chi connectivity index (χ2v) is 3.89. The number of nitrogens with one attached hydrogen (secondary N) is 1. The minimum absolute atomic E-state index is 0.0972. The first-order valence-corrected chi connectivity index (χ1v) is 5.16. The van der Waals surface area contributed by atoms with Crippen molar-refractivity contribution in [2.75, 3.05) is 17.6 Å². The highest BCUT2D eigenvalue weighted by Crippen LogP contribution is 2.29. The molecule has 0 bridgehead atoms. The Labute approximate surface area is 88.9 Å². The summed E-state index contributed by atoms with van der Waals surface area (Å²) < 4.78 is 47.8. The van der Waals surface area contributed by atoms with Gasteiger partial charge in [-0.3, -0.25) is 0 Å². The van der Waals surface area contributed by atoms with Crippen LogP contribution in [-0.4, -0.2) is 17.8 Å². The lowest BCUT2D eigenvalue weighted by Gasteiger charge is -2.07. The number of anilines is 1. The average molecular weight is 239 g/mol. The Kier molecular flexibility index (Phi) is 4.26. The summed E-state index contributed by atoms with van der Waals surface area (Å²) in [6.07, 6.45) is 0. The van der Waals surface area contributed by atoms with E-state index in [0.29, 0.717) is 5.69 Å². The molecule has 0 spiro atoms. The predicted octanol–water partition coefficient (Wildman–Crippen LogP) is 3.49. The summed E-state index contributed by atoms with van der Waals surface area (Å²) in [5, 5.41) is 2.70. The van der Waals surface area contributed by atoms with E-state index >= 15 is 0 Å². The highest BCUT2D eigenvalue weighted by atomic mass is 32.2. The molecule has 0 aliphatic carbocycles. The van der Waals surface area contributed by atoms with Crippen LogP contribution in [0.3, 0.4) is 0 Å². The smallest absolute Gasteiger partial charge is 0.384 e.